The van der Waals surface area contributed by atoms with E-state index < -0.39 is 0 Å². The van der Waals surface area contributed by atoms with Crippen LogP contribution in [0, 0.1) is 0 Å². The van der Waals surface area contributed by atoms with Gasteiger partial charge in [0.1, 0.15) is 0 Å². The van der Waals surface area contributed by atoms with Gasteiger partial charge in [0.2, 0.25) is 0 Å². The van der Waals surface area contributed by atoms with Crippen molar-refractivity contribution in [1.29, 1.82) is 0 Å². The molecule has 0 bridgehead atoms. The predicted molar refractivity (Wildman–Crippen MR) is 250 cm³/mol. The van der Waals surface area contributed by atoms with Crippen molar-refractivity contribution >= 4 is 34.1 Å². The molecule has 2 heteroatoms. The lowest BCUT2D eigenvalue weighted by Crippen LogP contribution is -2.16. The Bertz CT molecular complexity index is 2860. The highest BCUT2D eigenvalue weighted by Crippen LogP contribution is 2.51. The minimum absolute atomic E-state index is 0.0746. The van der Waals surface area contributed by atoms with E-state index in [4.69, 9.17) is 0 Å². The molecule has 10 rings (SSSR count). The van der Waals surface area contributed by atoms with Gasteiger partial charge in [-0.25, -0.2) is 0 Å². The number of benzene rings is 9. The second-order valence-electron chi connectivity index (χ2n) is 15.8. The Morgan fingerprint density at radius 2 is 0.661 bits per heavy atom. The monoisotopic (exact) mass is 756 g/mol. The summed E-state index contributed by atoms with van der Waals surface area (Å²) < 4.78 is 0. The van der Waals surface area contributed by atoms with Gasteiger partial charge >= 0.3 is 0 Å². The van der Waals surface area contributed by atoms with Crippen molar-refractivity contribution in [2.45, 2.75) is 19.3 Å². The molecule has 0 aromatic heterocycles. The molecule has 0 atom stereocenters. The van der Waals surface area contributed by atoms with Crippen LogP contribution in [-0.4, -0.2) is 0 Å². The van der Waals surface area contributed by atoms with Crippen molar-refractivity contribution in [2.24, 2.45) is 0 Å². The topological polar surface area (TPSA) is 6.48 Å². The summed E-state index contributed by atoms with van der Waals surface area (Å²) in [4.78, 5) is 4.73. The maximum Gasteiger partial charge on any atom is 0.0540 e. The average molecular weight is 757 g/mol. The summed E-state index contributed by atoms with van der Waals surface area (Å²) in [5.41, 5.74) is 19.2. The van der Waals surface area contributed by atoms with Gasteiger partial charge in [0.05, 0.1) is 5.69 Å². The lowest BCUT2D eigenvalue weighted by molar-refractivity contribution is 0.660. The standard InChI is InChI=1S/C57H44N2/c1-57(2)54-24-14-12-23-52(54)53-39-38-50(40-55(53)57)58(46-18-8-4-9-19-46)48-34-30-44(31-35-48)42-26-28-45(29-27-42)51-22-13-15-25-56(51)59(47-20-10-5-11-21-47)49-36-32-43(33-37-49)41-16-6-3-7-17-41/h3-40H,1-2H3. The zero-order valence-corrected chi connectivity index (χ0v) is 33.3. The van der Waals surface area contributed by atoms with E-state index in [1.807, 2.05) is 0 Å². The van der Waals surface area contributed by atoms with Gasteiger partial charge < -0.3 is 9.80 Å². The summed E-state index contributed by atoms with van der Waals surface area (Å²) in [6.45, 7) is 4.69. The first-order valence-electron chi connectivity index (χ1n) is 20.4. The molecular weight excluding hydrogens is 713 g/mol. The molecular formula is C57H44N2. The molecule has 0 N–H and O–H groups in total. The maximum atomic E-state index is 2.39. The van der Waals surface area contributed by atoms with E-state index in [0.29, 0.717) is 0 Å². The molecule has 9 aromatic rings. The number of para-hydroxylation sites is 3. The van der Waals surface area contributed by atoms with Gasteiger partial charge in [-0.15, -0.1) is 0 Å². The zero-order chi connectivity index (χ0) is 39.8. The Hall–Kier alpha value is -7.42. The third kappa shape index (κ3) is 6.69. The normalized spacial score (nSPS) is 12.4. The van der Waals surface area contributed by atoms with Crippen molar-refractivity contribution in [3.63, 3.8) is 0 Å². The minimum atomic E-state index is -0.0746. The van der Waals surface area contributed by atoms with E-state index in [2.05, 4.69) is 254 Å². The highest BCUT2D eigenvalue weighted by atomic mass is 15.1. The molecule has 0 spiro atoms. The third-order valence-electron chi connectivity index (χ3n) is 11.9. The molecule has 2 nitrogen and oxygen atoms in total. The lowest BCUT2D eigenvalue weighted by atomic mass is 9.82. The van der Waals surface area contributed by atoms with Gasteiger partial charge in [-0.05, 0) is 117 Å². The molecule has 0 amide bonds. The Kier molecular flexibility index (Phi) is 9.24. The van der Waals surface area contributed by atoms with E-state index in [9.17, 15) is 0 Å². The summed E-state index contributed by atoms with van der Waals surface area (Å²) in [6.07, 6.45) is 0. The van der Waals surface area contributed by atoms with E-state index in [0.717, 1.165) is 34.1 Å². The molecule has 59 heavy (non-hydrogen) atoms. The number of hydrogen-bond acceptors (Lipinski definition) is 2. The molecule has 1 aliphatic carbocycles. The fourth-order valence-corrected chi connectivity index (χ4v) is 8.85. The van der Waals surface area contributed by atoms with Gasteiger partial charge in [-0.3, -0.25) is 0 Å². The van der Waals surface area contributed by atoms with Crippen LogP contribution in [0.3, 0.4) is 0 Å². The van der Waals surface area contributed by atoms with Gasteiger partial charge in [-0.1, -0.05) is 178 Å². The lowest BCUT2D eigenvalue weighted by Gasteiger charge is -2.28. The predicted octanol–water partition coefficient (Wildman–Crippen LogP) is 15.9. The second kappa shape index (κ2) is 15.2. The SMILES string of the molecule is CC1(C)c2ccccc2-c2ccc(N(c3ccccc3)c3ccc(-c4ccc(-c5ccccc5N(c5ccccc5)c5ccc(-c6ccccc6)cc5)cc4)cc3)cc21. The number of hydrogen-bond donors (Lipinski definition) is 0. The summed E-state index contributed by atoms with van der Waals surface area (Å²) in [5, 5.41) is 0. The first kappa shape index (κ1) is 36.0. The van der Waals surface area contributed by atoms with Crippen LogP contribution in [0.25, 0.3) is 44.5 Å². The Balaban J connectivity index is 0.963. The summed E-state index contributed by atoms with van der Waals surface area (Å²) in [5.74, 6) is 0. The molecule has 0 saturated heterocycles. The van der Waals surface area contributed by atoms with E-state index in [1.165, 1.54) is 55.6 Å². The van der Waals surface area contributed by atoms with E-state index in [1.54, 1.807) is 0 Å². The Morgan fingerprint density at radius 3 is 1.27 bits per heavy atom. The molecule has 282 valence electrons. The minimum Gasteiger partial charge on any atom is -0.310 e. The first-order chi connectivity index (χ1) is 29.0. The van der Waals surface area contributed by atoms with Crippen LogP contribution < -0.4 is 9.80 Å². The largest absolute Gasteiger partial charge is 0.310 e. The second-order valence-corrected chi connectivity index (χ2v) is 15.8. The van der Waals surface area contributed by atoms with Crippen LogP contribution in [0.15, 0.2) is 231 Å². The maximum absolute atomic E-state index is 2.39. The molecule has 0 saturated carbocycles. The van der Waals surface area contributed by atoms with Crippen molar-refractivity contribution in [3.05, 3.63) is 242 Å². The fraction of sp³-hybridized carbons (Fsp3) is 0.0526. The molecule has 0 radical (unpaired) electrons. The summed E-state index contributed by atoms with van der Waals surface area (Å²) in [6, 6.07) is 83.3. The van der Waals surface area contributed by atoms with Gasteiger partial charge in [0, 0.05) is 39.4 Å². The number of nitrogens with zero attached hydrogens (tertiary/aromatic N) is 2. The molecule has 0 fully saturated rings. The molecule has 9 aromatic carbocycles. The molecule has 1 aliphatic rings. The summed E-state index contributed by atoms with van der Waals surface area (Å²) >= 11 is 0. The number of rotatable bonds is 9. The summed E-state index contributed by atoms with van der Waals surface area (Å²) in [7, 11) is 0. The van der Waals surface area contributed by atoms with Crippen LogP contribution in [0.2, 0.25) is 0 Å². The number of fused-ring (bicyclic) bond motifs is 3. The van der Waals surface area contributed by atoms with Crippen LogP contribution in [0.4, 0.5) is 34.1 Å². The number of anilines is 6. The van der Waals surface area contributed by atoms with Crippen LogP contribution >= 0.6 is 0 Å². The van der Waals surface area contributed by atoms with Crippen LogP contribution in [0.5, 0.6) is 0 Å². The van der Waals surface area contributed by atoms with Gasteiger partial charge in [0.25, 0.3) is 0 Å². The van der Waals surface area contributed by atoms with Crippen molar-refractivity contribution < 1.29 is 0 Å². The van der Waals surface area contributed by atoms with E-state index in [-0.39, 0.29) is 5.41 Å². The molecule has 0 unspecified atom stereocenters. The zero-order valence-electron chi connectivity index (χ0n) is 33.3. The fourth-order valence-electron chi connectivity index (χ4n) is 8.85. The van der Waals surface area contributed by atoms with Crippen molar-refractivity contribution in [3.8, 4) is 44.5 Å². The van der Waals surface area contributed by atoms with Crippen LogP contribution in [-0.2, 0) is 5.41 Å². The van der Waals surface area contributed by atoms with E-state index >= 15 is 0 Å². The smallest absolute Gasteiger partial charge is 0.0540 e. The third-order valence-corrected chi connectivity index (χ3v) is 11.9. The molecule has 0 heterocycles. The molecule has 0 aliphatic heterocycles. The highest BCUT2D eigenvalue weighted by molar-refractivity contribution is 5.90. The van der Waals surface area contributed by atoms with Gasteiger partial charge in [0.15, 0.2) is 0 Å². The quantitative estimate of drug-likeness (QED) is 0.145. The Morgan fingerprint density at radius 1 is 0.271 bits per heavy atom. The van der Waals surface area contributed by atoms with Gasteiger partial charge in [-0.2, -0.15) is 0 Å². The van der Waals surface area contributed by atoms with Crippen molar-refractivity contribution in [1.82, 2.24) is 0 Å². The van der Waals surface area contributed by atoms with Crippen molar-refractivity contribution in [2.75, 3.05) is 9.80 Å². The average Bonchev–Trinajstić information content (AvgIpc) is 3.53. The highest BCUT2D eigenvalue weighted by Gasteiger charge is 2.35. The Labute approximate surface area is 347 Å². The van der Waals surface area contributed by atoms with Crippen LogP contribution in [0.1, 0.15) is 25.0 Å². The first-order valence-corrected chi connectivity index (χ1v) is 20.4.